The Balaban J connectivity index is 2.42. The highest BCUT2D eigenvalue weighted by atomic mass is 16.6. The number of ether oxygens (including phenoxy) is 1. The van der Waals surface area contributed by atoms with Crippen molar-refractivity contribution in [2.75, 3.05) is 0 Å². The van der Waals surface area contributed by atoms with Crippen LogP contribution in [0.15, 0.2) is 36.4 Å². The molecule has 3 N–H and O–H groups in total. The molecule has 7 heteroatoms. The third-order valence-corrected chi connectivity index (χ3v) is 2.59. The predicted octanol–water partition coefficient (Wildman–Crippen LogP) is 2.37. The molecule has 0 fully saturated rings. The van der Waals surface area contributed by atoms with Crippen LogP contribution in [-0.4, -0.2) is 15.7 Å². The number of pyridine rings is 1. The molecule has 0 saturated carbocycles. The van der Waals surface area contributed by atoms with Crippen molar-refractivity contribution in [1.82, 2.24) is 4.98 Å². The third-order valence-electron chi connectivity index (χ3n) is 2.59. The number of nitrogens with zero attached hydrogens (tertiary/aromatic N) is 2. The minimum absolute atomic E-state index is 0.130. The monoisotopic (exact) mass is 272 g/mol. The number of hydrogen-bond donors (Lipinski definition) is 2. The number of aromatic nitrogens is 1. The van der Waals surface area contributed by atoms with Crippen LogP contribution >= 0.6 is 0 Å². The second-order valence-electron chi connectivity index (χ2n) is 4.06. The zero-order chi connectivity index (χ0) is 14.7. The standard InChI is InChI=1S/C13H12N4O3/c1-8-4-2-6-10(17(18)19)12(8)20-11-7-3-5-9(16-11)13(14)15/h2-7H,1H3,(H3,14,15). The third kappa shape index (κ3) is 2.72. The summed E-state index contributed by atoms with van der Waals surface area (Å²) in [6.45, 7) is 1.71. The average molecular weight is 272 g/mol. The van der Waals surface area contributed by atoms with Crippen molar-refractivity contribution in [1.29, 1.82) is 5.41 Å². The lowest BCUT2D eigenvalue weighted by molar-refractivity contribution is -0.385. The summed E-state index contributed by atoms with van der Waals surface area (Å²) in [7, 11) is 0. The van der Waals surface area contributed by atoms with E-state index in [1.165, 1.54) is 6.07 Å². The Morgan fingerprint density at radius 2 is 2.05 bits per heavy atom. The van der Waals surface area contributed by atoms with Gasteiger partial charge in [-0.15, -0.1) is 0 Å². The highest BCUT2D eigenvalue weighted by molar-refractivity contribution is 5.93. The Bertz CT molecular complexity index is 685. The number of hydrogen-bond acceptors (Lipinski definition) is 5. The van der Waals surface area contributed by atoms with Gasteiger partial charge in [0.25, 0.3) is 0 Å². The molecule has 0 aliphatic rings. The number of aryl methyl sites for hydroxylation is 1. The van der Waals surface area contributed by atoms with E-state index in [2.05, 4.69) is 4.98 Å². The van der Waals surface area contributed by atoms with Crippen LogP contribution in [0.2, 0.25) is 0 Å². The minimum atomic E-state index is -0.517. The van der Waals surface area contributed by atoms with Crippen LogP contribution in [0, 0.1) is 22.4 Å². The molecule has 1 aromatic heterocycles. The largest absolute Gasteiger partial charge is 0.431 e. The smallest absolute Gasteiger partial charge is 0.311 e. The van der Waals surface area contributed by atoms with E-state index in [0.717, 1.165) is 0 Å². The first-order valence-corrected chi connectivity index (χ1v) is 5.72. The molecule has 7 nitrogen and oxygen atoms in total. The van der Waals surface area contributed by atoms with Crippen molar-refractivity contribution in [2.45, 2.75) is 6.92 Å². The first kappa shape index (κ1) is 13.5. The molecule has 0 saturated heterocycles. The summed E-state index contributed by atoms with van der Waals surface area (Å²) in [5.41, 5.74) is 6.07. The Hall–Kier alpha value is -2.96. The molecule has 20 heavy (non-hydrogen) atoms. The number of amidine groups is 1. The average Bonchev–Trinajstić information content (AvgIpc) is 2.41. The maximum Gasteiger partial charge on any atom is 0.311 e. The summed E-state index contributed by atoms with van der Waals surface area (Å²) < 4.78 is 5.49. The maximum absolute atomic E-state index is 11.0. The predicted molar refractivity (Wildman–Crippen MR) is 73.2 cm³/mol. The second kappa shape index (κ2) is 5.35. The first-order chi connectivity index (χ1) is 9.49. The zero-order valence-corrected chi connectivity index (χ0v) is 10.7. The Kier molecular flexibility index (Phi) is 3.60. The normalized spacial score (nSPS) is 10.1. The maximum atomic E-state index is 11.0. The molecule has 0 amide bonds. The first-order valence-electron chi connectivity index (χ1n) is 5.72. The molecule has 2 rings (SSSR count). The van der Waals surface area contributed by atoms with Gasteiger partial charge >= 0.3 is 5.69 Å². The van der Waals surface area contributed by atoms with Crippen molar-refractivity contribution < 1.29 is 9.66 Å². The molecule has 0 aliphatic heterocycles. The summed E-state index contributed by atoms with van der Waals surface area (Å²) in [5.74, 6) is 0.0792. The molecular formula is C13H12N4O3. The van der Waals surface area contributed by atoms with E-state index in [0.29, 0.717) is 5.56 Å². The van der Waals surface area contributed by atoms with Crippen LogP contribution in [-0.2, 0) is 0 Å². The van der Waals surface area contributed by atoms with E-state index in [1.54, 1.807) is 37.3 Å². The van der Waals surface area contributed by atoms with E-state index >= 15 is 0 Å². The van der Waals surface area contributed by atoms with Gasteiger partial charge in [-0.3, -0.25) is 15.5 Å². The van der Waals surface area contributed by atoms with Gasteiger partial charge < -0.3 is 10.5 Å². The fraction of sp³-hybridized carbons (Fsp3) is 0.0769. The summed E-state index contributed by atoms with van der Waals surface area (Å²) >= 11 is 0. The minimum Gasteiger partial charge on any atom is -0.431 e. The summed E-state index contributed by atoms with van der Waals surface area (Å²) in [6, 6.07) is 9.36. The number of nitrogens with one attached hydrogen (secondary N) is 1. The molecule has 102 valence electrons. The van der Waals surface area contributed by atoms with E-state index < -0.39 is 4.92 Å². The van der Waals surface area contributed by atoms with Crippen molar-refractivity contribution in [3.05, 3.63) is 57.8 Å². The Morgan fingerprint density at radius 3 is 2.70 bits per heavy atom. The Morgan fingerprint density at radius 1 is 1.35 bits per heavy atom. The van der Waals surface area contributed by atoms with Gasteiger partial charge in [0, 0.05) is 12.1 Å². The van der Waals surface area contributed by atoms with Crippen molar-refractivity contribution >= 4 is 11.5 Å². The van der Waals surface area contributed by atoms with Crippen LogP contribution in [0.3, 0.4) is 0 Å². The number of nitrogen functional groups attached to an aromatic ring is 1. The molecule has 0 unspecified atom stereocenters. The van der Waals surface area contributed by atoms with Gasteiger partial charge in [-0.2, -0.15) is 0 Å². The van der Waals surface area contributed by atoms with Gasteiger partial charge in [0.05, 0.1) is 4.92 Å². The number of nitro benzene ring substituents is 1. The number of nitro groups is 1. The molecule has 1 heterocycles. The van der Waals surface area contributed by atoms with E-state index in [4.69, 9.17) is 15.9 Å². The number of rotatable bonds is 4. The van der Waals surface area contributed by atoms with Crippen molar-refractivity contribution in [3.8, 4) is 11.6 Å². The molecular weight excluding hydrogens is 260 g/mol. The quantitative estimate of drug-likeness (QED) is 0.383. The summed E-state index contributed by atoms with van der Waals surface area (Å²) in [6.07, 6.45) is 0. The van der Waals surface area contributed by atoms with Crippen LogP contribution in [0.5, 0.6) is 11.6 Å². The van der Waals surface area contributed by atoms with Gasteiger partial charge in [0.15, 0.2) is 0 Å². The highest BCUT2D eigenvalue weighted by Gasteiger charge is 2.18. The van der Waals surface area contributed by atoms with Gasteiger partial charge in [-0.1, -0.05) is 18.2 Å². The lowest BCUT2D eigenvalue weighted by Crippen LogP contribution is -2.13. The number of nitrogens with two attached hydrogens (primary N) is 1. The Labute approximate surface area is 114 Å². The fourth-order valence-electron chi connectivity index (χ4n) is 1.64. The van der Waals surface area contributed by atoms with Gasteiger partial charge in [0.1, 0.15) is 11.5 Å². The summed E-state index contributed by atoms with van der Waals surface area (Å²) in [4.78, 5) is 14.5. The van der Waals surface area contributed by atoms with E-state index in [1.807, 2.05) is 0 Å². The van der Waals surface area contributed by atoms with Crippen LogP contribution in [0.1, 0.15) is 11.3 Å². The highest BCUT2D eigenvalue weighted by Crippen LogP contribution is 2.33. The number of benzene rings is 1. The molecule has 0 aliphatic carbocycles. The molecule has 0 spiro atoms. The fourth-order valence-corrected chi connectivity index (χ4v) is 1.64. The second-order valence-corrected chi connectivity index (χ2v) is 4.06. The molecule has 2 aromatic rings. The molecule has 0 radical (unpaired) electrons. The van der Waals surface area contributed by atoms with E-state index in [9.17, 15) is 10.1 Å². The van der Waals surface area contributed by atoms with E-state index in [-0.39, 0.29) is 28.8 Å². The lowest BCUT2D eigenvalue weighted by atomic mass is 10.2. The zero-order valence-electron chi connectivity index (χ0n) is 10.7. The van der Waals surface area contributed by atoms with Crippen LogP contribution < -0.4 is 10.5 Å². The van der Waals surface area contributed by atoms with Crippen molar-refractivity contribution in [2.24, 2.45) is 5.73 Å². The molecule has 1 aromatic carbocycles. The molecule has 0 bridgehead atoms. The van der Waals surface area contributed by atoms with Gasteiger partial charge in [-0.05, 0) is 18.6 Å². The van der Waals surface area contributed by atoms with Crippen LogP contribution in [0.4, 0.5) is 5.69 Å². The van der Waals surface area contributed by atoms with Gasteiger partial charge in [-0.25, -0.2) is 4.98 Å². The summed E-state index contributed by atoms with van der Waals surface area (Å²) in [5, 5.41) is 18.3. The van der Waals surface area contributed by atoms with Gasteiger partial charge in [0.2, 0.25) is 11.6 Å². The SMILES string of the molecule is Cc1cccc([N+](=O)[O-])c1Oc1cccc(C(=N)N)n1. The van der Waals surface area contributed by atoms with Crippen molar-refractivity contribution in [3.63, 3.8) is 0 Å². The topological polar surface area (TPSA) is 115 Å². The number of para-hydroxylation sites is 1. The molecule has 0 atom stereocenters. The lowest BCUT2D eigenvalue weighted by Gasteiger charge is -2.08. The van der Waals surface area contributed by atoms with Crippen LogP contribution in [0.25, 0.3) is 0 Å².